The smallest absolute Gasteiger partial charge is 0.261 e. The predicted molar refractivity (Wildman–Crippen MR) is 82.2 cm³/mol. The van der Waals surface area contributed by atoms with E-state index >= 15 is 0 Å². The number of benzene rings is 1. The summed E-state index contributed by atoms with van der Waals surface area (Å²) in [4.78, 5) is 17.4. The summed E-state index contributed by atoms with van der Waals surface area (Å²) in [6.07, 6.45) is 4.52. The maximum atomic E-state index is 12.8. The lowest BCUT2D eigenvalue weighted by molar-refractivity contribution is 0.273. The van der Waals surface area contributed by atoms with Gasteiger partial charge in [0.15, 0.2) is 0 Å². The Labute approximate surface area is 123 Å². The summed E-state index contributed by atoms with van der Waals surface area (Å²) in [7, 11) is 0. The van der Waals surface area contributed by atoms with Crippen molar-refractivity contribution in [2.24, 2.45) is 5.92 Å². The monoisotopic (exact) mass is 290 g/mol. The molecule has 106 valence electrons. The molecule has 0 spiro atoms. The van der Waals surface area contributed by atoms with Crippen molar-refractivity contribution in [3.05, 3.63) is 40.4 Å². The molecule has 1 aliphatic rings. The van der Waals surface area contributed by atoms with Crippen molar-refractivity contribution < 1.29 is 0 Å². The number of hydrogen-bond donors (Lipinski definition) is 0. The maximum Gasteiger partial charge on any atom is 0.261 e. The summed E-state index contributed by atoms with van der Waals surface area (Å²) < 4.78 is 1.85. The minimum absolute atomic E-state index is 0.0605. The fourth-order valence-corrected chi connectivity index (χ4v) is 3.49. The van der Waals surface area contributed by atoms with E-state index in [0.29, 0.717) is 17.1 Å². The summed E-state index contributed by atoms with van der Waals surface area (Å²) in [5.41, 5.74) is 0.804. The lowest BCUT2D eigenvalue weighted by Gasteiger charge is -2.29. The second-order valence-electron chi connectivity index (χ2n) is 5.78. The molecule has 0 saturated heterocycles. The summed E-state index contributed by atoms with van der Waals surface area (Å²) in [6.45, 7) is 2.26. The van der Waals surface area contributed by atoms with Crippen molar-refractivity contribution in [2.45, 2.75) is 44.5 Å². The van der Waals surface area contributed by atoms with Crippen molar-refractivity contribution >= 4 is 22.5 Å². The minimum atomic E-state index is 0.0605. The lowest BCUT2D eigenvalue weighted by Crippen LogP contribution is -2.31. The third-order valence-electron chi connectivity index (χ3n) is 4.27. The highest BCUT2D eigenvalue weighted by Gasteiger charge is 2.24. The Morgan fingerprint density at radius 1 is 1.35 bits per heavy atom. The van der Waals surface area contributed by atoms with Gasteiger partial charge in [-0.1, -0.05) is 31.9 Å². The van der Waals surface area contributed by atoms with E-state index in [1.54, 1.807) is 0 Å². The number of hydrogen-bond acceptors (Lipinski definition) is 2. The number of aromatic nitrogens is 2. The van der Waals surface area contributed by atoms with Gasteiger partial charge < -0.3 is 0 Å². The predicted octanol–water partition coefficient (Wildman–Crippen LogP) is 3.89. The molecule has 2 aromatic rings. The van der Waals surface area contributed by atoms with Crippen LogP contribution in [0.2, 0.25) is 0 Å². The van der Waals surface area contributed by atoms with Crippen LogP contribution in [0.1, 0.15) is 44.5 Å². The molecule has 2 atom stereocenters. The van der Waals surface area contributed by atoms with Crippen LogP contribution in [0, 0.1) is 5.92 Å². The van der Waals surface area contributed by atoms with Crippen molar-refractivity contribution in [1.82, 2.24) is 9.55 Å². The van der Waals surface area contributed by atoms with Gasteiger partial charge in [-0.25, -0.2) is 4.98 Å². The summed E-state index contributed by atoms with van der Waals surface area (Å²) >= 11 is 6.04. The molecule has 1 fully saturated rings. The normalized spacial score (nSPS) is 23.1. The summed E-state index contributed by atoms with van der Waals surface area (Å²) in [5.74, 6) is 1.65. The quantitative estimate of drug-likeness (QED) is 0.787. The second-order valence-corrected chi connectivity index (χ2v) is 6.05. The second kappa shape index (κ2) is 5.57. The zero-order valence-corrected chi connectivity index (χ0v) is 12.4. The van der Waals surface area contributed by atoms with Crippen LogP contribution in [0.5, 0.6) is 0 Å². The van der Waals surface area contributed by atoms with Gasteiger partial charge in [-0.3, -0.25) is 9.36 Å². The average Bonchev–Trinajstić information content (AvgIpc) is 2.47. The molecule has 1 aromatic carbocycles. The van der Waals surface area contributed by atoms with Gasteiger partial charge in [0.1, 0.15) is 5.82 Å². The van der Waals surface area contributed by atoms with Crippen molar-refractivity contribution in [2.75, 3.05) is 0 Å². The van der Waals surface area contributed by atoms with Crippen molar-refractivity contribution in [1.29, 1.82) is 0 Å². The number of alkyl halides is 1. The van der Waals surface area contributed by atoms with Crippen LogP contribution < -0.4 is 5.56 Å². The fraction of sp³-hybridized carbons (Fsp3) is 0.500. The minimum Gasteiger partial charge on any atom is -0.292 e. The molecule has 1 heterocycles. The Balaban J connectivity index is 2.18. The average molecular weight is 291 g/mol. The zero-order chi connectivity index (χ0) is 14.1. The van der Waals surface area contributed by atoms with Crippen LogP contribution in [-0.2, 0) is 5.88 Å². The zero-order valence-electron chi connectivity index (χ0n) is 11.7. The van der Waals surface area contributed by atoms with Gasteiger partial charge in [0.2, 0.25) is 0 Å². The first-order valence-electron chi connectivity index (χ1n) is 7.27. The third kappa shape index (κ3) is 2.35. The fourth-order valence-electron chi connectivity index (χ4n) is 3.30. The van der Waals surface area contributed by atoms with E-state index in [1.165, 1.54) is 12.8 Å². The molecule has 4 heteroatoms. The largest absolute Gasteiger partial charge is 0.292 e. The van der Waals surface area contributed by atoms with E-state index in [4.69, 9.17) is 11.6 Å². The number of fused-ring (bicyclic) bond motifs is 1. The van der Waals surface area contributed by atoms with Gasteiger partial charge in [0.25, 0.3) is 5.56 Å². The molecule has 0 amide bonds. The molecule has 3 nitrogen and oxygen atoms in total. The maximum absolute atomic E-state index is 12.8. The number of halogens is 1. The Kier molecular flexibility index (Phi) is 3.79. The molecule has 1 aliphatic carbocycles. The van der Waals surface area contributed by atoms with Gasteiger partial charge >= 0.3 is 0 Å². The topological polar surface area (TPSA) is 34.9 Å². The first kappa shape index (κ1) is 13.6. The summed E-state index contributed by atoms with van der Waals surface area (Å²) in [5, 5.41) is 0.694. The third-order valence-corrected chi connectivity index (χ3v) is 4.51. The molecule has 1 aromatic heterocycles. The first-order chi connectivity index (χ1) is 9.70. The van der Waals surface area contributed by atoms with Gasteiger partial charge in [0, 0.05) is 6.04 Å². The summed E-state index contributed by atoms with van der Waals surface area (Å²) in [6, 6.07) is 7.77. The Hall–Kier alpha value is -1.35. The molecule has 0 bridgehead atoms. The molecule has 0 radical (unpaired) electrons. The number of nitrogens with zero attached hydrogens (tertiary/aromatic N) is 2. The Bertz CT molecular complexity index is 680. The van der Waals surface area contributed by atoms with Gasteiger partial charge in [-0.15, -0.1) is 11.6 Å². The highest BCUT2D eigenvalue weighted by Crippen LogP contribution is 2.32. The lowest BCUT2D eigenvalue weighted by atomic mass is 9.87. The molecule has 0 aliphatic heterocycles. The van der Waals surface area contributed by atoms with E-state index in [2.05, 4.69) is 11.9 Å². The Morgan fingerprint density at radius 3 is 2.90 bits per heavy atom. The molecule has 3 rings (SSSR count). The highest BCUT2D eigenvalue weighted by atomic mass is 35.5. The van der Waals surface area contributed by atoms with Crippen LogP contribution in [0.15, 0.2) is 29.1 Å². The Morgan fingerprint density at radius 2 is 2.15 bits per heavy atom. The molecule has 1 saturated carbocycles. The molecule has 2 unspecified atom stereocenters. The van der Waals surface area contributed by atoms with Crippen LogP contribution in [0.4, 0.5) is 0 Å². The number of rotatable bonds is 2. The molecule has 0 N–H and O–H groups in total. The van der Waals surface area contributed by atoms with Crippen molar-refractivity contribution in [3.63, 3.8) is 0 Å². The molecular formula is C16H19ClN2O. The van der Waals surface area contributed by atoms with Crippen LogP contribution in [0.25, 0.3) is 10.9 Å². The van der Waals surface area contributed by atoms with E-state index < -0.39 is 0 Å². The van der Waals surface area contributed by atoms with Crippen LogP contribution in [-0.4, -0.2) is 9.55 Å². The SMILES string of the molecule is CC1CCCC(n2c(CCl)nc3ccccc3c2=O)C1. The van der Waals surface area contributed by atoms with Crippen LogP contribution >= 0.6 is 11.6 Å². The standard InChI is InChI=1S/C16H19ClN2O/c1-11-5-4-6-12(9-11)19-15(10-17)18-14-8-3-2-7-13(14)16(19)20/h2-3,7-8,11-12H,4-6,9-10H2,1H3. The van der Waals surface area contributed by atoms with Crippen LogP contribution in [0.3, 0.4) is 0 Å². The van der Waals surface area contributed by atoms with E-state index in [-0.39, 0.29) is 17.5 Å². The van der Waals surface area contributed by atoms with E-state index in [1.807, 2.05) is 28.8 Å². The van der Waals surface area contributed by atoms with Crippen molar-refractivity contribution in [3.8, 4) is 0 Å². The van der Waals surface area contributed by atoms with Gasteiger partial charge in [-0.2, -0.15) is 0 Å². The number of para-hydroxylation sites is 1. The van der Waals surface area contributed by atoms with E-state index in [0.717, 1.165) is 18.4 Å². The van der Waals surface area contributed by atoms with E-state index in [9.17, 15) is 4.79 Å². The van der Waals surface area contributed by atoms with Gasteiger partial charge in [-0.05, 0) is 30.9 Å². The molecular weight excluding hydrogens is 272 g/mol. The highest BCUT2D eigenvalue weighted by molar-refractivity contribution is 6.16. The van der Waals surface area contributed by atoms with Gasteiger partial charge in [0.05, 0.1) is 16.8 Å². The first-order valence-corrected chi connectivity index (χ1v) is 7.80. The molecule has 20 heavy (non-hydrogen) atoms.